The van der Waals surface area contributed by atoms with Gasteiger partial charge in [0.05, 0.1) is 12.2 Å². The van der Waals surface area contributed by atoms with Crippen molar-refractivity contribution in [1.82, 2.24) is 9.97 Å². The molecule has 1 spiro atoms. The van der Waals surface area contributed by atoms with E-state index in [9.17, 15) is 0 Å². The van der Waals surface area contributed by atoms with Gasteiger partial charge in [-0.25, -0.2) is 9.97 Å². The Labute approximate surface area is 184 Å². The number of rotatable bonds is 3. The second kappa shape index (κ2) is 6.92. The van der Waals surface area contributed by atoms with Gasteiger partial charge in [-0.15, -0.1) is 0 Å². The molecule has 160 valence electrons. The molecule has 0 amide bonds. The van der Waals surface area contributed by atoms with Gasteiger partial charge in [-0.2, -0.15) is 0 Å². The van der Waals surface area contributed by atoms with Crippen molar-refractivity contribution in [2.75, 3.05) is 29.4 Å². The van der Waals surface area contributed by atoms with E-state index in [4.69, 9.17) is 15.7 Å². The summed E-state index contributed by atoms with van der Waals surface area (Å²) < 4.78 is 0. The van der Waals surface area contributed by atoms with Gasteiger partial charge in [-0.3, -0.25) is 0 Å². The normalized spacial score (nSPS) is 20.0. The molecular weight excluding hydrogens is 382 g/mol. The van der Waals surface area contributed by atoms with Gasteiger partial charge < -0.3 is 15.5 Å². The molecule has 3 aromatic rings. The number of nitrogens with two attached hydrogens (primary N) is 1. The molecule has 2 fully saturated rings. The molecule has 2 aromatic carbocycles. The fourth-order valence-electron chi connectivity index (χ4n) is 6.08. The highest BCUT2D eigenvalue weighted by Crippen LogP contribution is 2.49. The highest BCUT2D eigenvalue weighted by atomic mass is 15.3. The molecule has 0 bridgehead atoms. The molecule has 0 unspecified atom stereocenters. The quantitative estimate of drug-likeness (QED) is 0.704. The summed E-state index contributed by atoms with van der Waals surface area (Å²) in [5, 5.41) is 2.68. The van der Waals surface area contributed by atoms with E-state index < -0.39 is 0 Å². The molecule has 5 heteroatoms. The van der Waals surface area contributed by atoms with E-state index in [1.165, 1.54) is 51.9 Å². The highest BCUT2D eigenvalue weighted by molar-refractivity contribution is 5.97. The zero-order chi connectivity index (χ0) is 21.2. The standard InChI is InChI=1S/C26H31N5/c1-3-23-28-21-14-30(22-9-5-8-18-7-4-6-17(2)24(18)22)11-10-20(21)25(29-23)31-15-26(16-31)12-19(27)13-26/h4-9,19H,3,10-16,27H2,1-2H3. The average molecular weight is 414 g/mol. The summed E-state index contributed by atoms with van der Waals surface area (Å²) in [4.78, 5) is 15.0. The zero-order valence-corrected chi connectivity index (χ0v) is 18.6. The molecule has 31 heavy (non-hydrogen) atoms. The van der Waals surface area contributed by atoms with Crippen LogP contribution < -0.4 is 15.5 Å². The van der Waals surface area contributed by atoms with Crippen molar-refractivity contribution in [1.29, 1.82) is 0 Å². The van der Waals surface area contributed by atoms with E-state index in [2.05, 4.69) is 60.0 Å². The molecule has 0 radical (unpaired) electrons. The van der Waals surface area contributed by atoms with E-state index in [0.717, 1.165) is 44.8 Å². The molecule has 1 saturated heterocycles. The lowest BCUT2D eigenvalue weighted by Gasteiger charge is -2.59. The first kappa shape index (κ1) is 19.1. The number of nitrogens with zero attached hydrogens (tertiary/aromatic N) is 4. The van der Waals surface area contributed by atoms with Crippen molar-refractivity contribution in [3.63, 3.8) is 0 Å². The first-order valence-electron chi connectivity index (χ1n) is 11.7. The molecular formula is C26H31N5. The Morgan fingerprint density at radius 1 is 1.06 bits per heavy atom. The summed E-state index contributed by atoms with van der Waals surface area (Å²) in [5.41, 5.74) is 11.8. The molecule has 3 heterocycles. The number of hydrogen-bond donors (Lipinski definition) is 1. The number of hydrogen-bond acceptors (Lipinski definition) is 5. The van der Waals surface area contributed by atoms with Gasteiger partial charge in [0.15, 0.2) is 0 Å². The molecule has 1 aromatic heterocycles. The van der Waals surface area contributed by atoms with Crippen LogP contribution in [0.1, 0.15) is 42.4 Å². The summed E-state index contributed by atoms with van der Waals surface area (Å²) in [6, 6.07) is 13.6. The molecule has 1 saturated carbocycles. The zero-order valence-electron chi connectivity index (χ0n) is 18.6. The molecule has 2 N–H and O–H groups in total. The fraction of sp³-hybridized carbons (Fsp3) is 0.462. The van der Waals surface area contributed by atoms with E-state index in [1.54, 1.807) is 0 Å². The van der Waals surface area contributed by atoms with Crippen LogP contribution in [0.5, 0.6) is 0 Å². The van der Waals surface area contributed by atoms with Crippen LogP contribution in [0.2, 0.25) is 0 Å². The van der Waals surface area contributed by atoms with Crippen LogP contribution in [-0.2, 0) is 19.4 Å². The first-order chi connectivity index (χ1) is 15.0. The molecule has 2 aliphatic heterocycles. The molecule has 5 nitrogen and oxygen atoms in total. The number of aryl methyl sites for hydroxylation is 2. The number of fused-ring (bicyclic) bond motifs is 2. The average Bonchev–Trinajstić information content (AvgIpc) is 2.74. The second-order valence-corrected chi connectivity index (χ2v) is 9.89. The monoisotopic (exact) mass is 413 g/mol. The van der Waals surface area contributed by atoms with Gasteiger partial charge in [0, 0.05) is 54.1 Å². The van der Waals surface area contributed by atoms with Crippen molar-refractivity contribution >= 4 is 22.3 Å². The van der Waals surface area contributed by atoms with Crippen LogP contribution in [0, 0.1) is 12.3 Å². The van der Waals surface area contributed by atoms with E-state index in [1.807, 2.05) is 0 Å². The Hall–Kier alpha value is -2.66. The smallest absolute Gasteiger partial charge is 0.135 e. The summed E-state index contributed by atoms with van der Waals surface area (Å²) in [7, 11) is 0. The number of benzene rings is 2. The summed E-state index contributed by atoms with van der Waals surface area (Å²) >= 11 is 0. The second-order valence-electron chi connectivity index (χ2n) is 9.89. The summed E-state index contributed by atoms with van der Waals surface area (Å²) in [6.45, 7) is 8.45. The van der Waals surface area contributed by atoms with Gasteiger partial charge in [0.2, 0.25) is 0 Å². The Kier molecular flexibility index (Phi) is 4.26. The summed E-state index contributed by atoms with van der Waals surface area (Å²) in [5.74, 6) is 2.16. The number of aromatic nitrogens is 2. The lowest BCUT2D eigenvalue weighted by atomic mass is 9.61. The maximum atomic E-state index is 6.08. The van der Waals surface area contributed by atoms with Crippen LogP contribution in [0.25, 0.3) is 10.8 Å². The Balaban J connectivity index is 1.34. The minimum atomic E-state index is 0.408. The van der Waals surface area contributed by atoms with Gasteiger partial charge in [-0.1, -0.05) is 37.3 Å². The summed E-state index contributed by atoms with van der Waals surface area (Å²) in [6.07, 6.45) is 4.22. The minimum Gasteiger partial charge on any atom is -0.365 e. The van der Waals surface area contributed by atoms with Crippen LogP contribution in [-0.4, -0.2) is 35.6 Å². The van der Waals surface area contributed by atoms with Crippen LogP contribution in [0.15, 0.2) is 36.4 Å². The maximum Gasteiger partial charge on any atom is 0.135 e. The van der Waals surface area contributed by atoms with Gasteiger partial charge in [-0.05, 0) is 43.2 Å². The predicted molar refractivity (Wildman–Crippen MR) is 127 cm³/mol. The van der Waals surface area contributed by atoms with Crippen molar-refractivity contribution < 1.29 is 0 Å². The largest absolute Gasteiger partial charge is 0.365 e. The minimum absolute atomic E-state index is 0.408. The van der Waals surface area contributed by atoms with Crippen LogP contribution in [0.4, 0.5) is 11.5 Å². The van der Waals surface area contributed by atoms with Crippen molar-refractivity contribution in [3.8, 4) is 0 Å². The lowest BCUT2D eigenvalue weighted by Crippen LogP contribution is -2.66. The van der Waals surface area contributed by atoms with Crippen molar-refractivity contribution in [3.05, 3.63) is 59.0 Å². The van der Waals surface area contributed by atoms with E-state index in [-0.39, 0.29) is 0 Å². The van der Waals surface area contributed by atoms with Crippen molar-refractivity contribution in [2.24, 2.45) is 11.1 Å². The van der Waals surface area contributed by atoms with Crippen LogP contribution >= 0.6 is 0 Å². The SMILES string of the molecule is CCc1nc2c(c(N3CC4(CC(N)C4)C3)n1)CCN(c1cccc3cccc(C)c13)C2. The maximum absolute atomic E-state index is 6.08. The fourth-order valence-corrected chi connectivity index (χ4v) is 6.08. The van der Waals surface area contributed by atoms with Crippen molar-refractivity contribution in [2.45, 2.75) is 52.1 Å². The third-order valence-corrected chi connectivity index (χ3v) is 7.58. The third-order valence-electron chi connectivity index (χ3n) is 7.58. The Bertz CT molecular complexity index is 1150. The van der Waals surface area contributed by atoms with Crippen LogP contribution in [0.3, 0.4) is 0 Å². The molecule has 0 atom stereocenters. The van der Waals surface area contributed by atoms with Gasteiger partial charge in [0.25, 0.3) is 0 Å². The molecule has 1 aliphatic carbocycles. The van der Waals surface area contributed by atoms with Gasteiger partial charge >= 0.3 is 0 Å². The Morgan fingerprint density at radius 3 is 2.58 bits per heavy atom. The third kappa shape index (κ3) is 3.01. The topological polar surface area (TPSA) is 58.3 Å². The van der Waals surface area contributed by atoms with E-state index >= 15 is 0 Å². The first-order valence-corrected chi connectivity index (χ1v) is 11.7. The number of anilines is 2. The Morgan fingerprint density at radius 2 is 1.84 bits per heavy atom. The van der Waals surface area contributed by atoms with Gasteiger partial charge in [0.1, 0.15) is 11.6 Å². The lowest BCUT2D eigenvalue weighted by molar-refractivity contribution is 0.0656. The highest BCUT2D eigenvalue weighted by Gasteiger charge is 2.52. The predicted octanol–water partition coefficient (Wildman–Crippen LogP) is 3.99. The van der Waals surface area contributed by atoms with E-state index in [0.29, 0.717) is 11.5 Å². The molecule has 3 aliphatic rings. The molecule has 6 rings (SSSR count).